The maximum absolute atomic E-state index is 13.8. The van der Waals surface area contributed by atoms with E-state index in [0.29, 0.717) is 24.8 Å². The molecule has 3 N–H and O–H groups in total. The summed E-state index contributed by atoms with van der Waals surface area (Å²) in [5.74, 6) is -0.811. The number of aliphatic hydroxyl groups excluding tert-OH is 1. The Bertz CT molecular complexity index is 994. The predicted octanol–water partition coefficient (Wildman–Crippen LogP) is 2.42. The number of carbonyl (C=O) groups is 1. The lowest BCUT2D eigenvalue weighted by atomic mass is 9.96. The van der Waals surface area contributed by atoms with E-state index < -0.39 is 24.0 Å². The Morgan fingerprint density at radius 2 is 1.93 bits per heavy atom. The molecule has 1 amide bonds. The third-order valence-electron chi connectivity index (χ3n) is 5.40. The van der Waals surface area contributed by atoms with Crippen molar-refractivity contribution in [2.24, 2.45) is 0 Å². The van der Waals surface area contributed by atoms with Crippen molar-refractivity contribution in [1.82, 2.24) is 10.6 Å². The number of benzene rings is 2. The molecule has 0 aromatic heterocycles. The molecule has 6 nitrogen and oxygen atoms in total. The zero-order valence-electron chi connectivity index (χ0n) is 16.6. The minimum absolute atomic E-state index is 0.000618. The van der Waals surface area contributed by atoms with Crippen LogP contribution in [0, 0.1) is 28.5 Å². The topological polar surface area (TPSA) is 109 Å². The van der Waals surface area contributed by atoms with Crippen LogP contribution in [0.1, 0.15) is 30.9 Å². The number of amides is 1. The van der Waals surface area contributed by atoms with E-state index >= 15 is 0 Å². The Balaban J connectivity index is 1.62. The predicted molar refractivity (Wildman–Crippen MR) is 109 cm³/mol. The Hall–Kier alpha value is -3.26. The van der Waals surface area contributed by atoms with Crippen LogP contribution in [0.15, 0.2) is 42.5 Å². The van der Waals surface area contributed by atoms with Crippen molar-refractivity contribution in [3.05, 3.63) is 59.4 Å². The van der Waals surface area contributed by atoms with Crippen molar-refractivity contribution in [2.45, 2.75) is 50.4 Å². The molecule has 4 atom stereocenters. The molecule has 1 heterocycles. The molecule has 7 heteroatoms. The number of carbonyl (C=O) groups excluding carboxylic acids is 1. The van der Waals surface area contributed by atoms with E-state index in [1.165, 1.54) is 12.1 Å². The van der Waals surface area contributed by atoms with Crippen LogP contribution in [-0.2, 0) is 11.2 Å². The van der Waals surface area contributed by atoms with Gasteiger partial charge in [0, 0.05) is 12.5 Å². The molecule has 0 radical (unpaired) electrons. The molecule has 3 rings (SSSR count). The van der Waals surface area contributed by atoms with Gasteiger partial charge in [0.25, 0.3) is 0 Å². The van der Waals surface area contributed by atoms with Gasteiger partial charge in [0.15, 0.2) is 0 Å². The molecule has 1 unspecified atom stereocenters. The van der Waals surface area contributed by atoms with Gasteiger partial charge in [-0.25, -0.2) is 4.39 Å². The summed E-state index contributed by atoms with van der Waals surface area (Å²) in [5, 5.41) is 33.9. The van der Waals surface area contributed by atoms with Crippen LogP contribution in [0.4, 0.5) is 4.39 Å². The highest BCUT2D eigenvalue weighted by Gasteiger charge is 2.30. The molecule has 0 bridgehead atoms. The number of nitrogens with zero attached hydrogens (tertiary/aromatic N) is 2. The van der Waals surface area contributed by atoms with Crippen molar-refractivity contribution in [3.8, 4) is 23.3 Å². The summed E-state index contributed by atoms with van der Waals surface area (Å²) in [6.07, 6.45) is 0.936. The van der Waals surface area contributed by atoms with Crippen molar-refractivity contribution in [2.75, 3.05) is 0 Å². The Labute approximate surface area is 175 Å². The molecule has 30 heavy (non-hydrogen) atoms. The first-order chi connectivity index (χ1) is 14.4. The fraction of sp³-hybridized carbons (Fsp3) is 0.348. The van der Waals surface area contributed by atoms with E-state index in [4.69, 9.17) is 5.26 Å². The molecule has 1 fully saturated rings. The van der Waals surface area contributed by atoms with Gasteiger partial charge in [-0.3, -0.25) is 4.79 Å². The van der Waals surface area contributed by atoms with E-state index in [9.17, 15) is 19.6 Å². The lowest BCUT2D eigenvalue weighted by molar-refractivity contribution is -0.125. The van der Waals surface area contributed by atoms with Gasteiger partial charge >= 0.3 is 0 Å². The number of nitriles is 2. The highest BCUT2D eigenvalue weighted by Crippen LogP contribution is 2.23. The van der Waals surface area contributed by atoms with Crippen molar-refractivity contribution in [1.29, 1.82) is 10.5 Å². The van der Waals surface area contributed by atoms with Crippen LogP contribution in [0.5, 0.6) is 0 Å². The molecule has 1 aliphatic heterocycles. The maximum atomic E-state index is 13.8. The highest BCUT2D eigenvalue weighted by molar-refractivity contribution is 5.82. The monoisotopic (exact) mass is 406 g/mol. The van der Waals surface area contributed by atoms with E-state index in [2.05, 4.69) is 16.7 Å². The zero-order valence-corrected chi connectivity index (χ0v) is 16.6. The quantitative estimate of drug-likeness (QED) is 0.707. The molecular weight excluding hydrogens is 383 g/mol. The van der Waals surface area contributed by atoms with Gasteiger partial charge in [-0.2, -0.15) is 10.5 Å². The first kappa shape index (κ1) is 21.4. The third-order valence-corrected chi connectivity index (χ3v) is 5.40. The average Bonchev–Trinajstić information content (AvgIpc) is 2.75. The van der Waals surface area contributed by atoms with Crippen molar-refractivity contribution in [3.63, 3.8) is 0 Å². The van der Waals surface area contributed by atoms with Gasteiger partial charge in [0.05, 0.1) is 23.8 Å². The second-order valence-electron chi connectivity index (χ2n) is 7.55. The average molecular weight is 406 g/mol. The Morgan fingerprint density at radius 1 is 1.23 bits per heavy atom. The van der Waals surface area contributed by atoms with Crippen LogP contribution in [-0.4, -0.2) is 35.2 Å². The standard InChI is InChI=1S/C23H23FN4O2/c1-14-22(29)9-8-21(27-14)23(30)28-19(13-26)10-15-2-4-16(5-3-15)17-6-7-18(12-25)20(24)11-17/h2-7,11,14,19,21-22,27,29H,8-10H2,1H3,(H,28,30)/t14-,19?,21-,22-/m0/s1. The molecule has 0 saturated carbocycles. The SMILES string of the molecule is C[C@@H]1N[C@H](C(=O)NC(C#N)Cc2ccc(-c3ccc(C#N)c(F)c3)cc2)CC[C@@H]1O. The smallest absolute Gasteiger partial charge is 0.238 e. The van der Waals surface area contributed by atoms with Crippen LogP contribution in [0.25, 0.3) is 11.1 Å². The fourth-order valence-corrected chi connectivity index (χ4v) is 3.56. The van der Waals surface area contributed by atoms with Crippen LogP contribution < -0.4 is 10.6 Å². The fourth-order valence-electron chi connectivity index (χ4n) is 3.56. The van der Waals surface area contributed by atoms with Crippen LogP contribution in [0.3, 0.4) is 0 Å². The molecule has 0 spiro atoms. The summed E-state index contributed by atoms with van der Waals surface area (Å²) < 4.78 is 13.8. The summed E-state index contributed by atoms with van der Waals surface area (Å²) in [6.45, 7) is 1.83. The first-order valence-corrected chi connectivity index (χ1v) is 9.84. The van der Waals surface area contributed by atoms with Crippen molar-refractivity contribution < 1.29 is 14.3 Å². The second-order valence-corrected chi connectivity index (χ2v) is 7.55. The summed E-state index contributed by atoms with van der Waals surface area (Å²) >= 11 is 0. The summed E-state index contributed by atoms with van der Waals surface area (Å²) in [6, 6.07) is 14.4. The molecule has 2 aromatic rings. The minimum Gasteiger partial charge on any atom is -0.392 e. The Kier molecular flexibility index (Phi) is 6.79. The van der Waals surface area contributed by atoms with E-state index in [1.807, 2.05) is 31.2 Å². The lowest BCUT2D eigenvalue weighted by Gasteiger charge is -2.32. The van der Waals surface area contributed by atoms with Gasteiger partial charge < -0.3 is 15.7 Å². The third kappa shape index (κ3) is 5.01. The number of hydrogen-bond acceptors (Lipinski definition) is 5. The van der Waals surface area contributed by atoms with E-state index in [0.717, 1.165) is 11.1 Å². The van der Waals surface area contributed by atoms with E-state index in [1.54, 1.807) is 12.1 Å². The molecule has 0 aliphatic carbocycles. The summed E-state index contributed by atoms with van der Waals surface area (Å²) in [7, 11) is 0. The summed E-state index contributed by atoms with van der Waals surface area (Å²) in [5.41, 5.74) is 2.31. The van der Waals surface area contributed by atoms with Gasteiger partial charge in [0.2, 0.25) is 5.91 Å². The number of piperidine rings is 1. The van der Waals surface area contributed by atoms with Gasteiger partial charge in [0.1, 0.15) is 17.9 Å². The summed E-state index contributed by atoms with van der Waals surface area (Å²) in [4.78, 5) is 12.5. The maximum Gasteiger partial charge on any atom is 0.238 e. The molecule has 2 aromatic carbocycles. The minimum atomic E-state index is -0.681. The van der Waals surface area contributed by atoms with Crippen LogP contribution >= 0.6 is 0 Å². The van der Waals surface area contributed by atoms with Gasteiger partial charge in [-0.15, -0.1) is 0 Å². The molecule has 1 saturated heterocycles. The molecular formula is C23H23FN4O2. The number of hydrogen-bond donors (Lipinski definition) is 3. The highest BCUT2D eigenvalue weighted by atomic mass is 19.1. The normalized spacial score (nSPS) is 21.8. The number of halogens is 1. The second kappa shape index (κ2) is 9.49. The lowest BCUT2D eigenvalue weighted by Crippen LogP contribution is -2.56. The molecule has 1 aliphatic rings. The molecule has 154 valence electrons. The first-order valence-electron chi connectivity index (χ1n) is 9.84. The van der Waals surface area contributed by atoms with Crippen LogP contribution in [0.2, 0.25) is 0 Å². The zero-order chi connectivity index (χ0) is 21.7. The van der Waals surface area contributed by atoms with E-state index in [-0.39, 0.29) is 17.5 Å². The van der Waals surface area contributed by atoms with Gasteiger partial charge in [-0.05, 0) is 48.6 Å². The Morgan fingerprint density at radius 3 is 2.53 bits per heavy atom. The number of nitrogens with one attached hydrogen (secondary N) is 2. The number of rotatable bonds is 5. The van der Waals surface area contributed by atoms with Gasteiger partial charge in [-0.1, -0.05) is 30.3 Å². The van der Waals surface area contributed by atoms with Crippen molar-refractivity contribution >= 4 is 5.91 Å². The number of aliphatic hydroxyl groups is 1. The largest absolute Gasteiger partial charge is 0.392 e.